The molecule has 0 radical (unpaired) electrons. The predicted octanol–water partition coefficient (Wildman–Crippen LogP) is 2.46. The van der Waals surface area contributed by atoms with E-state index in [4.69, 9.17) is 0 Å². The molecular weight excluding hydrogens is 314 g/mol. The van der Waals surface area contributed by atoms with E-state index in [0.717, 1.165) is 11.1 Å². The molecule has 1 amide bonds. The number of rotatable bonds is 6. The average Bonchev–Trinajstić information content (AvgIpc) is 3.00. The highest BCUT2D eigenvalue weighted by molar-refractivity contribution is 5.78. The minimum Gasteiger partial charge on any atom is -0.396 e. The summed E-state index contributed by atoms with van der Waals surface area (Å²) in [5.74, 6) is -0.153. The zero-order chi connectivity index (χ0) is 17.6. The van der Waals surface area contributed by atoms with E-state index >= 15 is 0 Å². The molecule has 25 heavy (non-hydrogen) atoms. The molecule has 1 fully saturated rings. The Hall–Kier alpha value is -2.17. The second-order valence-electron chi connectivity index (χ2n) is 6.82. The fraction of sp³-hybridized carbons (Fsp3) is 0.381. The molecule has 3 N–H and O–H groups in total. The summed E-state index contributed by atoms with van der Waals surface area (Å²) < 4.78 is 0. The minimum atomic E-state index is -0.533. The number of carbonyl (C=O) groups is 1. The van der Waals surface area contributed by atoms with Crippen LogP contribution in [0.3, 0.4) is 0 Å². The number of aliphatic hydroxyl groups is 2. The van der Waals surface area contributed by atoms with Gasteiger partial charge in [-0.1, -0.05) is 60.7 Å². The third-order valence-corrected chi connectivity index (χ3v) is 5.05. The lowest BCUT2D eigenvalue weighted by Crippen LogP contribution is -2.34. The standard InChI is InChI=1S/C21H25NO3/c23-14-17-11-18(12-20(17)24)22-21(25)13-19(15-7-3-1-4-8-15)16-9-5-2-6-10-16/h1-10,17-20,23-24H,11-14H2,(H,22,25)/t17-,18-,20+/m0/s1. The van der Waals surface area contributed by atoms with Crippen LogP contribution >= 0.6 is 0 Å². The van der Waals surface area contributed by atoms with Crippen molar-refractivity contribution in [3.05, 3.63) is 71.8 Å². The van der Waals surface area contributed by atoms with Gasteiger partial charge in [-0.25, -0.2) is 0 Å². The third kappa shape index (κ3) is 4.47. The molecular formula is C21H25NO3. The van der Waals surface area contributed by atoms with Gasteiger partial charge in [0.05, 0.1) is 6.10 Å². The average molecular weight is 339 g/mol. The lowest BCUT2D eigenvalue weighted by molar-refractivity contribution is -0.122. The van der Waals surface area contributed by atoms with E-state index in [9.17, 15) is 15.0 Å². The number of carbonyl (C=O) groups excluding carboxylic acids is 1. The molecule has 0 unspecified atom stereocenters. The molecule has 1 saturated carbocycles. The second kappa shape index (κ2) is 8.28. The van der Waals surface area contributed by atoms with Crippen molar-refractivity contribution in [3.63, 3.8) is 0 Å². The molecule has 0 spiro atoms. The maximum absolute atomic E-state index is 12.6. The first-order chi connectivity index (χ1) is 12.2. The normalized spacial score (nSPS) is 22.9. The molecule has 0 bridgehead atoms. The Balaban J connectivity index is 1.69. The summed E-state index contributed by atoms with van der Waals surface area (Å²) in [6, 6.07) is 20.0. The van der Waals surface area contributed by atoms with E-state index < -0.39 is 6.10 Å². The molecule has 3 rings (SSSR count). The van der Waals surface area contributed by atoms with E-state index in [1.165, 1.54) is 0 Å². The van der Waals surface area contributed by atoms with Gasteiger partial charge >= 0.3 is 0 Å². The molecule has 1 aliphatic carbocycles. The van der Waals surface area contributed by atoms with E-state index in [2.05, 4.69) is 5.32 Å². The van der Waals surface area contributed by atoms with E-state index in [0.29, 0.717) is 19.3 Å². The van der Waals surface area contributed by atoms with Gasteiger partial charge in [-0.3, -0.25) is 4.79 Å². The van der Waals surface area contributed by atoms with Gasteiger partial charge in [-0.15, -0.1) is 0 Å². The van der Waals surface area contributed by atoms with Crippen molar-refractivity contribution in [2.24, 2.45) is 5.92 Å². The van der Waals surface area contributed by atoms with Gasteiger partial charge in [0.2, 0.25) is 5.91 Å². The van der Waals surface area contributed by atoms with E-state index in [-0.39, 0.29) is 30.4 Å². The third-order valence-electron chi connectivity index (χ3n) is 5.05. The van der Waals surface area contributed by atoms with Crippen LogP contribution in [0.1, 0.15) is 36.3 Å². The van der Waals surface area contributed by atoms with Crippen LogP contribution in [0, 0.1) is 5.92 Å². The molecule has 132 valence electrons. The molecule has 4 heteroatoms. The van der Waals surface area contributed by atoms with Crippen LogP contribution in [0.4, 0.5) is 0 Å². The van der Waals surface area contributed by atoms with E-state index in [1.54, 1.807) is 0 Å². The Labute approximate surface area is 148 Å². The van der Waals surface area contributed by atoms with Crippen molar-refractivity contribution < 1.29 is 15.0 Å². The molecule has 0 aliphatic heterocycles. The summed E-state index contributed by atoms with van der Waals surface area (Å²) in [6.07, 6.45) is 0.974. The highest BCUT2D eigenvalue weighted by Crippen LogP contribution is 2.29. The maximum Gasteiger partial charge on any atom is 0.221 e. The lowest BCUT2D eigenvalue weighted by Gasteiger charge is -2.19. The number of nitrogens with one attached hydrogen (secondary N) is 1. The predicted molar refractivity (Wildman–Crippen MR) is 97.1 cm³/mol. The number of hydrogen-bond acceptors (Lipinski definition) is 3. The first-order valence-corrected chi connectivity index (χ1v) is 8.85. The Morgan fingerprint density at radius 1 is 1.00 bits per heavy atom. The fourth-order valence-electron chi connectivity index (χ4n) is 3.69. The number of aliphatic hydroxyl groups excluding tert-OH is 2. The molecule has 4 nitrogen and oxygen atoms in total. The molecule has 2 aromatic rings. The molecule has 3 atom stereocenters. The zero-order valence-electron chi connectivity index (χ0n) is 14.2. The van der Waals surface area contributed by atoms with Gasteiger partial charge in [0.15, 0.2) is 0 Å². The Kier molecular flexibility index (Phi) is 5.84. The lowest BCUT2D eigenvalue weighted by atomic mass is 9.88. The monoisotopic (exact) mass is 339 g/mol. The molecule has 0 saturated heterocycles. The van der Waals surface area contributed by atoms with Crippen molar-refractivity contribution in [3.8, 4) is 0 Å². The van der Waals surface area contributed by atoms with Gasteiger partial charge < -0.3 is 15.5 Å². The summed E-state index contributed by atoms with van der Waals surface area (Å²) in [5.41, 5.74) is 2.23. The van der Waals surface area contributed by atoms with Crippen LogP contribution in [0.5, 0.6) is 0 Å². The summed E-state index contributed by atoms with van der Waals surface area (Å²) in [5, 5.41) is 22.2. The highest BCUT2D eigenvalue weighted by Gasteiger charge is 2.33. The van der Waals surface area contributed by atoms with Gasteiger partial charge in [-0.2, -0.15) is 0 Å². The van der Waals surface area contributed by atoms with Crippen LogP contribution < -0.4 is 5.32 Å². The van der Waals surface area contributed by atoms with E-state index in [1.807, 2.05) is 60.7 Å². The number of amides is 1. The van der Waals surface area contributed by atoms with Crippen molar-refractivity contribution in [1.29, 1.82) is 0 Å². The van der Waals surface area contributed by atoms with Gasteiger partial charge in [0.25, 0.3) is 0 Å². The van der Waals surface area contributed by atoms with Gasteiger partial charge in [-0.05, 0) is 24.0 Å². The van der Waals surface area contributed by atoms with Crippen molar-refractivity contribution in [1.82, 2.24) is 5.32 Å². The largest absolute Gasteiger partial charge is 0.396 e. The van der Waals surface area contributed by atoms with Crippen LogP contribution in [0.25, 0.3) is 0 Å². The molecule has 2 aromatic carbocycles. The molecule has 0 aromatic heterocycles. The smallest absolute Gasteiger partial charge is 0.221 e. The minimum absolute atomic E-state index is 0.00219. The topological polar surface area (TPSA) is 69.6 Å². The molecule has 0 heterocycles. The fourth-order valence-corrected chi connectivity index (χ4v) is 3.69. The quantitative estimate of drug-likeness (QED) is 0.757. The summed E-state index contributed by atoms with van der Waals surface area (Å²) in [4.78, 5) is 12.6. The Morgan fingerprint density at radius 2 is 1.56 bits per heavy atom. The SMILES string of the molecule is O=C(CC(c1ccccc1)c1ccccc1)N[C@H]1C[C@@H](CO)[C@H](O)C1. The van der Waals surface area contributed by atoms with Crippen LogP contribution in [-0.4, -0.2) is 34.9 Å². The Morgan fingerprint density at radius 3 is 2.04 bits per heavy atom. The van der Waals surface area contributed by atoms with Crippen molar-refractivity contribution in [2.75, 3.05) is 6.61 Å². The van der Waals surface area contributed by atoms with Crippen LogP contribution in [0.15, 0.2) is 60.7 Å². The van der Waals surface area contributed by atoms with Crippen molar-refractivity contribution >= 4 is 5.91 Å². The first kappa shape index (κ1) is 17.6. The summed E-state index contributed by atoms with van der Waals surface area (Å²) in [6.45, 7) is -0.0375. The van der Waals surface area contributed by atoms with Crippen molar-refractivity contribution in [2.45, 2.75) is 37.3 Å². The Bertz CT molecular complexity index is 635. The second-order valence-corrected chi connectivity index (χ2v) is 6.82. The summed E-state index contributed by atoms with van der Waals surface area (Å²) in [7, 11) is 0. The maximum atomic E-state index is 12.6. The highest BCUT2D eigenvalue weighted by atomic mass is 16.3. The van der Waals surface area contributed by atoms with Crippen LogP contribution in [0.2, 0.25) is 0 Å². The number of benzene rings is 2. The zero-order valence-corrected chi connectivity index (χ0v) is 14.2. The molecule has 1 aliphatic rings. The van der Waals surface area contributed by atoms with Crippen LogP contribution in [-0.2, 0) is 4.79 Å². The van der Waals surface area contributed by atoms with Gasteiger partial charge in [0.1, 0.15) is 0 Å². The summed E-state index contributed by atoms with van der Waals surface area (Å²) >= 11 is 0. The van der Waals surface area contributed by atoms with Gasteiger partial charge in [0, 0.05) is 30.9 Å². The first-order valence-electron chi connectivity index (χ1n) is 8.85. The number of hydrogen-bond donors (Lipinski definition) is 3.